The second-order valence-electron chi connectivity index (χ2n) is 7.47. The van der Waals surface area contributed by atoms with E-state index < -0.39 is 30.6 Å². The van der Waals surface area contributed by atoms with Crippen LogP contribution in [0.3, 0.4) is 0 Å². The van der Waals surface area contributed by atoms with Crippen LogP contribution in [0.4, 0.5) is 8.78 Å². The van der Waals surface area contributed by atoms with E-state index in [1.54, 1.807) is 24.3 Å². The van der Waals surface area contributed by atoms with Crippen molar-refractivity contribution in [2.24, 2.45) is 0 Å². The smallest absolute Gasteiger partial charge is 0.329 e. The average molecular weight is 482 g/mol. The number of rotatable bonds is 5. The van der Waals surface area contributed by atoms with Gasteiger partial charge in [0.05, 0.1) is 21.6 Å². The van der Waals surface area contributed by atoms with Gasteiger partial charge in [-0.2, -0.15) is 8.78 Å². The Morgan fingerprint density at radius 2 is 1.94 bits per heavy atom. The molecule has 1 fully saturated rings. The quantitative estimate of drug-likeness (QED) is 0.441. The molecule has 0 saturated carbocycles. The molecule has 0 spiro atoms. The third kappa shape index (κ3) is 4.17. The van der Waals surface area contributed by atoms with E-state index in [0.29, 0.717) is 29.9 Å². The van der Waals surface area contributed by atoms with Crippen molar-refractivity contribution in [1.82, 2.24) is 14.5 Å². The first kappa shape index (κ1) is 22.5. The molecule has 1 aliphatic heterocycles. The minimum Gasteiger partial charge on any atom is -0.453 e. The number of halogens is 4. The first-order valence-electron chi connectivity index (χ1n) is 9.99. The molecule has 1 aromatic heterocycles. The fraction of sp³-hybridized carbons (Fsp3) is 0.318. The summed E-state index contributed by atoms with van der Waals surface area (Å²) in [5.41, 5.74) is 0.805. The zero-order chi connectivity index (χ0) is 23.0. The van der Waals surface area contributed by atoms with E-state index in [2.05, 4.69) is 4.98 Å². The summed E-state index contributed by atoms with van der Waals surface area (Å²) >= 11 is 12.1. The average Bonchev–Trinajstić information content (AvgIpc) is 3.40. The zero-order valence-electron chi connectivity index (χ0n) is 17.0. The number of hydrogen-bond acceptors (Lipinski definition) is 4. The molecule has 168 valence electrons. The fourth-order valence-electron chi connectivity index (χ4n) is 3.93. The Bertz CT molecular complexity index is 1180. The molecular weight excluding hydrogens is 463 g/mol. The number of benzene rings is 2. The summed E-state index contributed by atoms with van der Waals surface area (Å²) in [5.74, 6) is -1.19. The highest BCUT2D eigenvalue weighted by Crippen LogP contribution is 2.31. The van der Waals surface area contributed by atoms with Crippen molar-refractivity contribution >= 4 is 46.1 Å². The molecule has 0 radical (unpaired) electrons. The van der Waals surface area contributed by atoms with Crippen LogP contribution in [0.25, 0.3) is 11.0 Å². The molecule has 1 aliphatic rings. The number of imidazole rings is 1. The number of hydrogen-bond donors (Lipinski definition) is 0. The molecule has 4 rings (SSSR count). The molecule has 0 bridgehead atoms. The van der Waals surface area contributed by atoms with Crippen molar-refractivity contribution in [3.8, 4) is 0 Å². The number of aromatic nitrogens is 2. The van der Waals surface area contributed by atoms with Crippen LogP contribution in [0, 0.1) is 0 Å². The van der Waals surface area contributed by atoms with Crippen LogP contribution < -0.4 is 0 Å². The SMILES string of the molecule is CC(OC(=O)C1CCCN1C(=O)c1cc(Cl)ccc1Cl)c1nc2ccccc2n1C(F)F. The van der Waals surface area contributed by atoms with Crippen molar-refractivity contribution in [3.63, 3.8) is 0 Å². The van der Waals surface area contributed by atoms with Gasteiger partial charge >= 0.3 is 12.5 Å². The number of amides is 1. The largest absolute Gasteiger partial charge is 0.453 e. The number of carbonyl (C=O) groups is 2. The van der Waals surface area contributed by atoms with Gasteiger partial charge in [-0.05, 0) is 50.1 Å². The molecule has 10 heteroatoms. The summed E-state index contributed by atoms with van der Waals surface area (Å²) in [6.45, 7) is -1.04. The highest BCUT2D eigenvalue weighted by Gasteiger charge is 2.37. The van der Waals surface area contributed by atoms with Crippen LogP contribution >= 0.6 is 23.2 Å². The lowest BCUT2D eigenvalue weighted by molar-refractivity contribution is -0.154. The van der Waals surface area contributed by atoms with Gasteiger partial charge in [0.2, 0.25) is 0 Å². The number of carbonyl (C=O) groups excluding carboxylic acids is 2. The molecule has 1 amide bonds. The Morgan fingerprint density at radius 1 is 1.19 bits per heavy atom. The number of nitrogens with zero attached hydrogens (tertiary/aromatic N) is 3. The maximum absolute atomic E-state index is 13.7. The second-order valence-corrected chi connectivity index (χ2v) is 8.31. The van der Waals surface area contributed by atoms with Crippen LogP contribution in [-0.4, -0.2) is 38.9 Å². The van der Waals surface area contributed by atoms with Gasteiger partial charge < -0.3 is 9.64 Å². The van der Waals surface area contributed by atoms with Gasteiger partial charge in [0, 0.05) is 11.6 Å². The van der Waals surface area contributed by atoms with Crippen molar-refractivity contribution in [2.75, 3.05) is 6.54 Å². The van der Waals surface area contributed by atoms with Gasteiger partial charge in [-0.25, -0.2) is 9.78 Å². The van der Waals surface area contributed by atoms with E-state index in [9.17, 15) is 18.4 Å². The molecule has 2 unspecified atom stereocenters. The normalized spacial score (nSPS) is 17.2. The minimum atomic E-state index is -2.85. The van der Waals surface area contributed by atoms with E-state index in [-0.39, 0.29) is 21.9 Å². The predicted molar refractivity (Wildman–Crippen MR) is 116 cm³/mol. The van der Waals surface area contributed by atoms with Crippen LogP contribution in [0.15, 0.2) is 42.5 Å². The van der Waals surface area contributed by atoms with Crippen LogP contribution in [-0.2, 0) is 9.53 Å². The summed E-state index contributed by atoms with van der Waals surface area (Å²) in [6.07, 6.45) is -0.0647. The number of likely N-dealkylation sites (tertiary alicyclic amines) is 1. The van der Waals surface area contributed by atoms with E-state index in [0.717, 1.165) is 4.57 Å². The van der Waals surface area contributed by atoms with E-state index in [1.165, 1.54) is 30.0 Å². The van der Waals surface area contributed by atoms with Gasteiger partial charge in [0.25, 0.3) is 5.91 Å². The molecule has 1 saturated heterocycles. The molecule has 2 heterocycles. The number of alkyl halides is 2. The molecule has 0 N–H and O–H groups in total. The summed E-state index contributed by atoms with van der Waals surface area (Å²) in [7, 11) is 0. The van der Waals surface area contributed by atoms with E-state index in [1.807, 2.05) is 0 Å². The van der Waals surface area contributed by atoms with Crippen molar-refractivity contribution in [3.05, 3.63) is 63.9 Å². The Morgan fingerprint density at radius 3 is 2.69 bits per heavy atom. The summed E-state index contributed by atoms with van der Waals surface area (Å²) in [5, 5.41) is 0.563. The third-order valence-corrected chi connectivity index (χ3v) is 5.98. The molecular formula is C22H19Cl2F2N3O3. The molecule has 2 aromatic carbocycles. The number of esters is 1. The maximum Gasteiger partial charge on any atom is 0.329 e. The lowest BCUT2D eigenvalue weighted by Gasteiger charge is -2.25. The Labute approximate surface area is 192 Å². The molecule has 32 heavy (non-hydrogen) atoms. The van der Waals surface area contributed by atoms with Crippen LogP contribution in [0.1, 0.15) is 48.6 Å². The first-order valence-corrected chi connectivity index (χ1v) is 10.7. The fourth-order valence-corrected chi connectivity index (χ4v) is 4.30. The van der Waals surface area contributed by atoms with E-state index >= 15 is 0 Å². The van der Waals surface area contributed by atoms with Crippen molar-refractivity contribution in [2.45, 2.75) is 38.5 Å². The monoisotopic (exact) mass is 481 g/mol. The van der Waals surface area contributed by atoms with Gasteiger partial charge in [0.15, 0.2) is 11.9 Å². The highest BCUT2D eigenvalue weighted by molar-refractivity contribution is 6.35. The summed E-state index contributed by atoms with van der Waals surface area (Å²) in [4.78, 5) is 31.5. The number of fused-ring (bicyclic) bond motifs is 1. The lowest BCUT2D eigenvalue weighted by atomic mass is 10.1. The topological polar surface area (TPSA) is 64.4 Å². The number of para-hydroxylation sites is 2. The molecule has 2 atom stereocenters. The molecule has 6 nitrogen and oxygen atoms in total. The standard InChI is InChI=1S/C22H19Cl2F2N3O3/c1-12(19-27-16-5-2-3-6-17(16)29(19)22(25)26)32-21(31)18-7-4-10-28(18)20(30)14-11-13(23)8-9-15(14)24/h2-3,5-6,8-9,11-12,18,22H,4,7,10H2,1H3. The van der Waals surface area contributed by atoms with Crippen molar-refractivity contribution < 1.29 is 23.1 Å². The predicted octanol–water partition coefficient (Wildman–Crippen LogP) is 5.65. The zero-order valence-corrected chi connectivity index (χ0v) is 18.5. The first-order chi connectivity index (χ1) is 15.3. The second kappa shape index (κ2) is 9.03. The number of ether oxygens (including phenoxy) is 1. The van der Waals surface area contributed by atoms with Gasteiger partial charge in [-0.15, -0.1) is 0 Å². The Kier molecular flexibility index (Phi) is 6.35. The van der Waals surface area contributed by atoms with Gasteiger partial charge in [-0.3, -0.25) is 9.36 Å². The van der Waals surface area contributed by atoms with E-state index in [4.69, 9.17) is 27.9 Å². The summed E-state index contributed by atoms with van der Waals surface area (Å²) < 4.78 is 33.7. The maximum atomic E-state index is 13.7. The lowest BCUT2D eigenvalue weighted by Crippen LogP contribution is -2.41. The van der Waals surface area contributed by atoms with Gasteiger partial charge in [0.1, 0.15) is 6.04 Å². The van der Waals surface area contributed by atoms with Crippen molar-refractivity contribution in [1.29, 1.82) is 0 Å². The van der Waals surface area contributed by atoms with Crippen LogP contribution in [0.2, 0.25) is 10.0 Å². The Balaban J connectivity index is 1.56. The highest BCUT2D eigenvalue weighted by atomic mass is 35.5. The van der Waals surface area contributed by atoms with Crippen LogP contribution in [0.5, 0.6) is 0 Å². The van der Waals surface area contributed by atoms with Gasteiger partial charge in [-0.1, -0.05) is 35.3 Å². The molecule has 3 aromatic rings. The minimum absolute atomic E-state index is 0.0664. The third-order valence-electron chi connectivity index (χ3n) is 5.42. The Hall–Kier alpha value is -2.71. The molecule has 0 aliphatic carbocycles. The summed E-state index contributed by atoms with van der Waals surface area (Å²) in [6, 6.07) is 10.1.